The summed E-state index contributed by atoms with van der Waals surface area (Å²) in [5.74, 6) is -0.0228. The van der Waals surface area contributed by atoms with Crippen molar-refractivity contribution in [3.63, 3.8) is 0 Å². The molecule has 3 heteroatoms. The molecule has 0 aromatic rings. The highest BCUT2D eigenvalue weighted by Gasteiger charge is 2.47. The Morgan fingerprint density at radius 3 is 2.50 bits per heavy atom. The number of hydrogen-bond acceptors (Lipinski definition) is 2. The monoisotopic (exact) mass is 262 g/mol. The van der Waals surface area contributed by atoms with Gasteiger partial charge in [0.25, 0.3) is 0 Å². The molecule has 0 heterocycles. The van der Waals surface area contributed by atoms with Crippen LogP contribution in [-0.2, 0) is 9.53 Å². The zero-order chi connectivity index (χ0) is 10.6. The molecule has 1 aliphatic rings. The molecule has 0 aromatic heterocycles. The maximum absolute atomic E-state index is 11.8. The quantitative estimate of drug-likeness (QED) is 0.574. The summed E-state index contributed by atoms with van der Waals surface area (Å²) in [5, 5.41) is 0. The number of hydrogen-bond donors (Lipinski definition) is 0. The Kier molecular flexibility index (Phi) is 4.42. The summed E-state index contributed by atoms with van der Waals surface area (Å²) in [6.07, 6.45) is 6.43. The Hall–Kier alpha value is -0.0500. The molecule has 0 bridgehead atoms. The molecule has 2 nitrogen and oxygen atoms in total. The lowest BCUT2D eigenvalue weighted by Crippen LogP contribution is -2.37. The van der Waals surface area contributed by atoms with Gasteiger partial charge in [0.1, 0.15) is 0 Å². The molecule has 1 fully saturated rings. The van der Waals surface area contributed by atoms with Crippen LogP contribution in [-0.4, -0.2) is 17.9 Å². The molecule has 0 radical (unpaired) electrons. The van der Waals surface area contributed by atoms with Crippen molar-refractivity contribution in [3.05, 3.63) is 0 Å². The minimum absolute atomic E-state index is 0.0228. The van der Waals surface area contributed by atoms with Gasteiger partial charge in [-0.1, -0.05) is 42.1 Å². The minimum Gasteiger partial charge on any atom is -0.469 e. The van der Waals surface area contributed by atoms with E-state index in [9.17, 15) is 4.79 Å². The summed E-state index contributed by atoms with van der Waals surface area (Å²) in [4.78, 5) is 12.1. The summed E-state index contributed by atoms with van der Waals surface area (Å²) in [6, 6.07) is 0. The third kappa shape index (κ3) is 2.13. The van der Waals surface area contributed by atoms with E-state index in [0.717, 1.165) is 38.5 Å². The van der Waals surface area contributed by atoms with Crippen LogP contribution in [0, 0.1) is 5.41 Å². The van der Waals surface area contributed by atoms with Gasteiger partial charge in [-0.25, -0.2) is 0 Å². The molecule has 1 atom stereocenters. The molecule has 1 rings (SSSR count). The van der Waals surface area contributed by atoms with Crippen LogP contribution in [0.1, 0.15) is 45.4 Å². The van der Waals surface area contributed by atoms with Crippen molar-refractivity contribution in [2.75, 3.05) is 7.11 Å². The molecule has 0 saturated heterocycles. The third-order valence-corrected chi connectivity index (χ3v) is 4.56. The Labute approximate surface area is 94.5 Å². The van der Waals surface area contributed by atoms with E-state index in [1.165, 1.54) is 7.11 Å². The lowest BCUT2D eigenvalue weighted by Gasteiger charge is -2.30. The summed E-state index contributed by atoms with van der Waals surface area (Å²) < 4.78 is 4.94. The number of rotatable bonds is 4. The van der Waals surface area contributed by atoms with Gasteiger partial charge in [0.15, 0.2) is 0 Å². The lowest BCUT2D eigenvalue weighted by molar-refractivity contribution is -0.152. The first-order chi connectivity index (χ1) is 6.67. The molecule has 0 N–H and O–H groups in total. The van der Waals surface area contributed by atoms with Crippen LogP contribution in [0.3, 0.4) is 0 Å². The van der Waals surface area contributed by atoms with Crippen LogP contribution in [0.15, 0.2) is 0 Å². The highest BCUT2D eigenvalue weighted by atomic mass is 79.9. The fraction of sp³-hybridized carbons (Fsp3) is 0.909. The fourth-order valence-electron chi connectivity index (χ4n) is 2.38. The zero-order valence-electron chi connectivity index (χ0n) is 9.01. The molecule has 1 saturated carbocycles. The van der Waals surface area contributed by atoms with Crippen LogP contribution in [0.25, 0.3) is 0 Å². The molecule has 1 aliphatic carbocycles. The van der Waals surface area contributed by atoms with E-state index in [1.54, 1.807) is 0 Å². The first kappa shape index (κ1) is 12.0. The second-order valence-corrected chi connectivity index (χ2v) is 5.22. The largest absolute Gasteiger partial charge is 0.469 e. The van der Waals surface area contributed by atoms with Crippen molar-refractivity contribution in [3.8, 4) is 0 Å². The molecule has 1 unspecified atom stereocenters. The minimum atomic E-state index is -0.231. The van der Waals surface area contributed by atoms with Crippen LogP contribution >= 0.6 is 15.9 Å². The van der Waals surface area contributed by atoms with Crippen molar-refractivity contribution < 1.29 is 9.53 Å². The SMILES string of the molecule is CCCC(Br)C1(C(=O)OC)CCCC1. The van der Waals surface area contributed by atoms with Gasteiger partial charge in [-0.15, -0.1) is 0 Å². The first-order valence-electron chi connectivity index (χ1n) is 5.40. The molecule has 0 spiro atoms. The molecular formula is C11H19BrO2. The predicted octanol–water partition coefficient (Wildman–Crippen LogP) is 3.28. The Balaban J connectivity index is 2.75. The van der Waals surface area contributed by atoms with E-state index in [2.05, 4.69) is 22.9 Å². The molecule has 14 heavy (non-hydrogen) atoms. The lowest BCUT2D eigenvalue weighted by atomic mass is 9.81. The van der Waals surface area contributed by atoms with Gasteiger partial charge in [-0.3, -0.25) is 4.79 Å². The standard InChI is InChI=1S/C11H19BrO2/c1-3-6-9(12)11(10(13)14-2)7-4-5-8-11/h9H,3-8H2,1-2H3. The average Bonchev–Trinajstić information content (AvgIpc) is 2.67. The summed E-state index contributed by atoms with van der Waals surface area (Å²) in [6.45, 7) is 2.15. The van der Waals surface area contributed by atoms with Crippen molar-refractivity contribution in [2.45, 2.75) is 50.3 Å². The van der Waals surface area contributed by atoms with Gasteiger partial charge < -0.3 is 4.74 Å². The molecular weight excluding hydrogens is 244 g/mol. The Bertz CT molecular complexity index is 197. The normalized spacial score (nSPS) is 21.9. The van der Waals surface area contributed by atoms with Gasteiger partial charge in [0, 0.05) is 4.83 Å². The molecule has 0 amide bonds. The van der Waals surface area contributed by atoms with Crippen molar-refractivity contribution in [1.82, 2.24) is 0 Å². The topological polar surface area (TPSA) is 26.3 Å². The maximum atomic E-state index is 11.8. The number of esters is 1. The van der Waals surface area contributed by atoms with E-state index in [0.29, 0.717) is 0 Å². The van der Waals surface area contributed by atoms with Gasteiger partial charge in [0.05, 0.1) is 12.5 Å². The highest BCUT2D eigenvalue weighted by Crippen LogP contribution is 2.46. The highest BCUT2D eigenvalue weighted by molar-refractivity contribution is 9.09. The van der Waals surface area contributed by atoms with E-state index in [-0.39, 0.29) is 16.2 Å². The van der Waals surface area contributed by atoms with Gasteiger partial charge in [-0.05, 0) is 19.3 Å². The van der Waals surface area contributed by atoms with Gasteiger partial charge >= 0.3 is 5.97 Å². The van der Waals surface area contributed by atoms with Crippen molar-refractivity contribution in [2.24, 2.45) is 5.41 Å². The second-order valence-electron chi connectivity index (χ2n) is 4.11. The molecule has 0 aromatic carbocycles. The number of ether oxygens (including phenoxy) is 1. The fourth-order valence-corrected chi connectivity index (χ4v) is 3.49. The van der Waals surface area contributed by atoms with Crippen LogP contribution in [0.5, 0.6) is 0 Å². The predicted molar refractivity (Wildman–Crippen MR) is 60.5 cm³/mol. The maximum Gasteiger partial charge on any atom is 0.312 e. The van der Waals surface area contributed by atoms with Crippen molar-refractivity contribution >= 4 is 21.9 Å². The smallest absolute Gasteiger partial charge is 0.312 e. The summed E-state index contributed by atoms with van der Waals surface area (Å²) >= 11 is 3.66. The van der Waals surface area contributed by atoms with Crippen LogP contribution < -0.4 is 0 Å². The second kappa shape index (κ2) is 5.15. The Morgan fingerprint density at radius 2 is 2.07 bits per heavy atom. The van der Waals surface area contributed by atoms with Crippen LogP contribution in [0.4, 0.5) is 0 Å². The average molecular weight is 263 g/mol. The van der Waals surface area contributed by atoms with Gasteiger partial charge in [-0.2, -0.15) is 0 Å². The summed E-state index contributed by atoms with van der Waals surface area (Å²) in [5.41, 5.74) is -0.231. The zero-order valence-corrected chi connectivity index (χ0v) is 10.6. The van der Waals surface area contributed by atoms with E-state index < -0.39 is 0 Å². The first-order valence-corrected chi connectivity index (χ1v) is 6.31. The van der Waals surface area contributed by atoms with E-state index in [4.69, 9.17) is 4.74 Å². The number of halogens is 1. The number of carbonyl (C=O) groups is 1. The number of methoxy groups -OCH3 is 1. The number of carbonyl (C=O) groups excluding carboxylic acids is 1. The summed E-state index contributed by atoms with van der Waals surface area (Å²) in [7, 11) is 1.49. The van der Waals surface area contributed by atoms with E-state index in [1.807, 2.05) is 0 Å². The van der Waals surface area contributed by atoms with Gasteiger partial charge in [0.2, 0.25) is 0 Å². The third-order valence-electron chi connectivity index (χ3n) is 3.23. The van der Waals surface area contributed by atoms with E-state index >= 15 is 0 Å². The van der Waals surface area contributed by atoms with Crippen LogP contribution in [0.2, 0.25) is 0 Å². The molecule has 0 aliphatic heterocycles. The molecule has 82 valence electrons. The Morgan fingerprint density at radius 1 is 1.50 bits per heavy atom. The number of alkyl halides is 1. The van der Waals surface area contributed by atoms with Crippen molar-refractivity contribution in [1.29, 1.82) is 0 Å².